The minimum atomic E-state index is -0.531. The highest BCUT2D eigenvalue weighted by atomic mass is 19.1. The third-order valence-corrected chi connectivity index (χ3v) is 2.75. The Bertz CT molecular complexity index is 494. The van der Waals surface area contributed by atoms with Crippen molar-refractivity contribution in [2.75, 3.05) is 0 Å². The zero-order chi connectivity index (χ0) is 13.0. The van der Waals surface area contributed by atoms with Crippen LogP contribution in [0.2, 0.25) is 0 Å². The molecule has 0 spiro atoms. The highest BCUT2D eigenvalue weighted by molar-refractivity contribution is 5.22. The van der Waals surface area contributed by atoms with Crippen molar-refractivity contribution in [2.24, 2.45) is 0 Å². The van der Waals surface area contributed by atoms with Crippen LogP contribution in [0.25, 0.3) is 0 Å². The molecule has 0 radical (unpaired) electrons. The summed E-state index contributed by atoms with van der Waals surface area (Å²) in [6.45, 7) is 2.19. The van der Waals surface area contributed by atoms with Crippen molar-refractivity contribution in [3.63, 3.8) is 0 Å². The lowest BCUT2D eigenvalue weighted by atomic mass is 10.1. The second kappa shape index (κ2) is 5.69. The summed E-state index contributed by atoms with van der Waals surface area (Å²) in [7, 11) is 0. The Morgan fingerprint density at radius 2 is 1.83 bits per heavy atom. The molecule has 0 fully saturated rings. The standard InChI is InChI=1S/C14H14F2N2/c1-10(14-12(15)6-4-7-13(14)16)18-9-11-5-2-3-8-17-11/h2-8,10,18H,9H2,1H3. The van der Waals surface area contributed by atoms with Gasteiger partial charge in [0.05, 0.1) is 5.69 Å². The molecule has 0 aliphatic heterocycles. The van der Waals surface area contributed by atoms with E-state index in [1.165, 1.54) is 18.2 Å². The number of pyridine rings is 1. The fourth-order valence-corrected chi connectivity index (χ4v) is 1.79. The predicted molar refractivity (Wildman–Crippen MR) is 65.8 cm³/mol. The monoisotopic (exact) mass is 248 g/mol. The van der Waals surface area contributed by atoms with E-state index < -0.39 is 17.7 Å². The maximum Gasteiger partial charge on any atom is 0.130 e. The van der Waals surface area contributed by atoms with E-state index in [0.717, 1.165) is 5.69 Å². The van der Waals surface area contributed by atoms with Gasteiger partial charge in [-0.2, -0.15) is 0 Å². The van der Waals surface area contributed by atoms with Crippen molar-refractivity contribution in [1.82, 2.24) is 10.3 Å². The number of hydrogen-bond acceptors (Lipinski definition) is 2. The molecule has 1 aromatic carbocycles. The average molecular weight is 248 g/mol. The van der Waals surface area contributed by atoms with Crippen LogP contribution in [0.15, 0.2) is 42.6 Å². The first-order valence-corrected chi connectivity index (χ1v) is 5.75. The van der Waals surface area contributed by atoms with Crippen molar-refractivity contribution < 1.29 is 8.78 Å². The molecule has 4 heteroatoms. The maximum absolute atomic E-state index is 13.5. The molecule has 1 aromatic heterocycles. The Hall–Kier alpha value is -1.81. The minimum Gasteiger partial charge on any atom is -0.304 e. The fraction of sp³-hybridized carbons (Fsp3) is 0.214. The van der Waals surface area contributed by atoms with Crippen molar-refractivity contribution in [3.05, 3.63) is 65.5 Å². The normalized spacial score (nSPS) is 12.4. The number of nitrogens with one attached hydrogen (secondary N) is 1. The molecular formula is C14H14F2N2. The molecular weight excluding hydrogens is 234 g/mol. The van der Waals surface area contributed by atoms with Gasteiger partial charge >= 0.3 is 0 Å². The topological polar surface area (TPSA) is 24.9 Å². The lowest BCUT2D eigenvalue weighted by Gasteiger charge is -2.15. The van der Waals surface area contributed by atoms with Crippen LogP contribution in [0.4, 0.5) is 8.78 Å². The number of hydrogen-bond donors (Lipinski definition) is 1. The molecule has 0 aliphatic rings. The van der Waals surface area contributed by atoms with E-state index in [2.05, 4.69) is 10.3 Å². The zero-order valence-electron chi connectivity index (χ0n) is 10.0. The van der Waals surface area contributed by atoms with E-state index in [0.29, 0.717) is 6.54 Å². The van der Waals surface area contributed by atoms with Crippen LogP contribution in [0.5, 0.6) is 0 Å². The first-order chi connectivity index (χ1) is 8.68. The fourth-order valence-electron chi connectivity index (χ4n) is 1.79. The Morgan fingerprint density at radius 1 is 1.11 bits per heavy atom. The molecule has 2 rings (SSSR count). The predicted octanol–water partition coefficient (Wildman–Crippen LogP) is 3.21. The summed E-state index contributed by atoms with van der Waals surface area (Å²) in [4.78, 5) is 4.14. The molecule has 0 aliphatic carbocycles. The average Bonchev–Trinajstić information content (AvgIpc) is 2.37. The van der Waals surface area contributed by atoms with Crippen LogP contribution < -0.4 is 5.32 Å². The van der Waals surface area contributed by atoms with E-state index in [4.69, 9.17) is 0 Å². The maximum atomic E-state index is 13.5. The van der Waals surface area contributed by atoms with Crippen LogP contribution in [0, 0.1) is 11.6 Å². The molecule has 1 atom stereocenters. The summed E-state index contributed by atoms with van der Waals surface area (Å²) in [5.41, 5.74) is 0.898. The first-order valence-electron chi connectivity index (χ1n) is 5.75. The summed E-state index contributed by atoms with van der Waals surface area (Å²) in [6.07, 6.45) is 1.69. The summed E-state index contributed by atoms with van der Waals surface area (Å²) < 4.78 is 27.1. The third-order valence-electron chi connectivity index (χ3n) is 2.75. The van der Waals surface area contributed by atoms with Gasteiger partial charge < -0.3 is 5.32 Å². The number of nitrogens with zero attached hydrogens (tertiary/aromatic N) is 1. The van der Waals surface area contributed by atoms with Crippen molar-refractivity contribution >= 4 is 0 Å². The van der Waals surface area contributed by atoms with Crippen LogP contribution in [0.3, 0.4) is 0 Å². The molecule has 2 nitrogen and oxygen atoms in total. The molecule has 1 heterocycles. The molecule has 0 amide bonds. The van der Waals surface area contributed by atoms with Gasteiger partial charge in [0.25, 0.3) is 0 Å². The van der Waals surface area contributed by atoms with Crippen LogP contribution in [-0.4, -0.2) is 4.98 Å². The smallest absolute Gasteiger partial charge is 0.130 e. The van der Waals surface area contributed by atoms with E-state index in [1.807, 2.05) is 18.2 Å². The van der Waals surface area contributed by atoms with Gasteiger partial charge in [-0.05, 0) is 31.2 Å². The van der Waals surface area contributed by atoms with Gasteiger partial charge in [0.2, 0.25) is 0 Å². The minimum absolute atomic E-state index is 0.0634. The molecule has 0 saturated carbocycles. The lowest BCUT2D eigenvalue weighted by molar-refractivity contribution is 0.485. The Morgan fingerprint density at radius 3 is 2.44 bits per heavy atom. The molecule has 94 valence electrons. The van der Waals surface area contributed by atoms with Gasteiger partial charge in [-0.25, -0.2) is 8.78 Å². The van der Waals surface area contributed by atoms with Crippen LogP contribution in [0.1, 0.15) is 24.2 Å². The highest BCUT2D eigenvalue weighted by Gasteiger charge is 2.15. The second-order valence-corrected chi connectivity index (χ2v) is 4.06. The van der Waals surface area contributed by atoms with Crippen LogP contribution >= 0.6 is 0 Å². The Kier molecular flexibility index (Phi) is 3.99. The van der Waals surface area contributed by atoms with Gasteiger partial charge in [-0.3, -0.25) is 4.98 Å². The van der Waals surface area contributed by atoms with Gasteiger partial charge in [-0.15, -0.1) is 0 Å². The van der Waals surface area contributed by atoms with Gasteiger partial charge in [-0.1, -0.05) is 12.1 Å². The summed E-state index contributed by atoms with van der Waals surface area (Å²) in [5.74, 6) is -1.06. The van der Waals surface area contributed by atoms with Gasteiger partial charge in [0.15, 0.2) is 0 Å². The van der Waals surface area contributed by atoms with E-state index in [-0.39, 0.29) is 5.56 Å². The van der Waals surface area contributed by atoms with E-state index in [9.17, 15) is 8.78 Å². The van der Waals surface area contributed by atoms with Crippen molar-refractivity contribution in [3.8, 4) is 0 Å². The molecule has 1 unspecified atom stereocenters. The summed E-state index contributed by atoms with van der Waals surface area (Å²) in [6, 6.07) is 9.03. The summed E-state index contributed by atoms with van der Waals surface area (Å²) in [5, 5.41) is 3.05. The van der Waals surface area contributed by atoms with Gasteiger partial charge in [0, 0.05) is 24.3 Å². The van der Waals surface area contributed by atoms with Crippen LogP contribution in [-0.2, 0) is 6.54 Å². The third kappa shape index (κ3) is 2.90. The number of halogens is 2. The number of aromatic nitrogens is 1. The first kappa shape index (κ1) is 12.6. The Balaban J connectivity index is 2.06. The largest absolute Gasteiger partial charge is 0.304 e. The molecule has 0 saturated heterocycles. The van der Waals surface area contributed by atoms with E-state index >= 15 is 0 Å². The SMILES string of the molecule is CC(NCc1ccccn1)c1c(F)cccc1F. The molecule has 1 N–H and O–H groups in total. The summed E-state index contributed by atoms with van der Waals surface area (Å²) >= 11 is 0. The Labute approximate surface area is 105 Å². The van der Waals surface area contributed by atoms with Crippen molar-refractivity contribution in [2.45, 2.75) is 19.5 Å². The van der Waals surface area contributed by atoms with E-state index in [1.54, 1.807) is 13.1 Å². The van der Waals surface area contributed by atoms with Gasteiger partial charge in [0.1, 0.15) is 11.6 Å². The van der Waals surface area contributed by atoms with Crippen molar-refractivity contribution in [1.29, 1.82) is 0 Å². The number of rotatable bonds is 4. The zero-order valence-corrected chi connectivity index (χ0v) is 10.0. The number of benzene rings is 1. The second-order valence-electron chi connectivity index (χ2n) is 4.06. The molecule has 0 bridgehead atoms. The lowest BCUT2D eigenvalue weighted by Crippen LogP contribution is -2.20. The quantitative estimate of drug-likeness (QED) is 0.898. The molecule has 18 heavy (non-hydrogen) atoms. The molecule has 2 aromatic rings. The highest BCUT2D eigenvalue weighted by Crippen LogP contribution is 2.20.